The molecule has 0 saturated heterocycles. The summed E-state index contributed by atoms with van der Waals surface area (Å²) in [5, 5.41) is 3.73. The lowest BCUT2D eigenvalue weighted by Gasteiger charge is -2.18. The summed E-state index contributed by atoms with van der Waals surface area (Å²) in [6.45, 7) is 4.04. The SMILES string of the molecule is Cc1ccc(C(Nc2cccc(Cl)c2)C(N)=O)cc1C. The molecule has 1 amide bonds. The summed E-state index contributed by atoms with van der Waals surface area (Å²) in [4.78, 5) is 11.7. The standard InChI is InChI=1S/C16H17ClN2O/c1-10-6-7-12(8-11(10)2)15(16(18)20)19-14-5-3-4-13(17)9-14/h3-9,15,19H,1-2H3,(H2,18,20). The van der Waals surface area contributed by atoms with Gasteiger partial charge in [0.15, 0.2) is 0 Å². The summed E-state index contributed by atoms with van der Waals surface area (Å²) >= 11 is 5.94. The van der Waals surface area contributed by atoms with Gasteiger partial charge in [-0.3, -0.25) is 4.79 Å². The van der Waals surface area contributed by atoms with Gasteiger partial charge in [-0.05, 0) is 48.7 Å². The third-order valence-corrected chi connectivity index (χ3v) is 3.52. The Labute approximate surface area is 123 Å². The van der Waals surface area contributed by atoms with Crippen molar-refractivity contribution in [2.24, 2.45) is 5.73 Å². The van der Waals surface area contributed by atoms with Crippen LogP contribution in [0.2, 0.25) is 5.02 Å². The first-order chi connectivity index (χ1) is 9.47. The largest absolute Gasteiger partial charge is 0.370 e. The molecule has 0 aliphatic rings. The molecule has 2 aromatic carbocycles. The van der Waals surface area contributed by atoms with Crippen molar-refractivity contribution in [3.05, 3.63) is 64.2 Å². The molecule has 1 unspecified atom stereocenters. The topological polar surface area (TPSA) is 55.1 Å². The fourth-order valence-electron chi connectivity index (χ4n) is 2.01. The van der Waals surface area contributed by atoms with E-state index in [0.717, 1.165) is 16.8 Å². The lowest BCUT2D eigenvalue weighted by Crippen LogP contribution is -2.27. The molecule has 0 fully saturated rings. The van der Waals surface area contributed by atoms with E-state index in [0.29, 0.717) is 5.02 Å². The van der Waals surface area contributed by atoms with E-state index in [4.69, 9.17) is 17.3 Å². The first-order valence-electron chi connectivity index (χ1n) is 6.36. The van der Waals surface area contributed by atoms with E-state index in [1.807, 2.05) is 44.2 Å². The fraction of sp³-hybridized carbons (Fsp3) is 0.188. The molecule has 104 valence electrons. The monoisotopic (exact) mass is 288 g/mol. The van der Waals surface area contributed by atoms with Crippen LogP contribution in [0.5, 0.6) is 0 Å². The summed E-state index contributed by atoms with van der Waals surface area (Å²) in [5.74, 6) is -0.423. The second-order valence-corrected chi connectivity index (χ2v) is 5.27. The minimum Gasteiger partial charge on any atom is -0.370 e. The van der Waals surface area contributed by atoms with Crippen LogP contribution in [-0.4, -0.2) is 5.91 Å². The maximum absolute atomic E-state index is 11.7. The molecule has 0 radical (unpaired) electrons. The molecule has 0 aliphatic heterocycles. The molecule has 0 bridgehead atoms. The number of hydrogen-bond donors (Lipinski definition) is 2. The van der Waals surface area contributed by atoms with Crippen LogP contribution in [0.3, 0.4) is 0 Å². The number of hydrogen-bond acceptors (Lipinski definition) is 2. The van der Waals surface area contributed by atoms with Crippen molar-refractivity contribution in [2.75, 3.05) is 5.32 Å². The molecule has 20 heavy (non-hydrogen) atoms. The molecular weight excluding hydrogens is 272 g/mol. The zero-order valence-electron chi connectivity index (χ0n) is 11.5. The van der Waals surface area contributed by atoms with E-state index in [1.54, 1.807) is 12.1 Å². The summed E-state index contributed by atoms with van der Waals surface area (Å²) in [7, 11) is 0. The Morgan fingerprint density at radius 2 is 1.90 bits per heavy atom. The average Bonchev–Trinajstić information content (AvgIpc) is 2.39. The molecule has 2 aromatic rings. The number of halogens is 1. The van der Waals surface area contributed by atoms with Crippen molar-refractivity contribution in [1.82, 2.24) is 0 Å². The zero-order chi connectivity index (χ0) is 14.7. The summed E-state index contributed by atoms with van der Waals surface area (Å²) in [6.07, 6.45) is 0. The first-order valence-corrected chi connectivity index (χ1v) is 6.74. The maximum atomic E-state index is 11.7. The Kier molecular flexibility index (Phi) is 4.30. The van der Waals surface area contributed by atoms with E-state index in [9.17, 15) is 4.79 Å². The normalized spacial score (nSPS) is 11.9. The summed E-state index contributed by atoms with van der Waals surface area (Å²) in [5.41, 5.74) is 9.43. The van der Waals surface area contributed by atoms with Crippen molar-refractivity contribution >= 4 is 23.2 Å². The molecule has 0 aromatic heterocycles. The van der Waals surface area contributed by atoms with Gasteiger partial charge in [0.25, 0.3) is 0 Å². The first kappa shape index (κ1) is 14.4. The highest BCUT2D eigenvalue weighted by molar-refractivity contribution is 6.30. The Bertz CT molecular complexity index is 640. The molecular formula is C16H17ClN2O. The Hall–Kier alpha value is -2.00. The third kappa shape index (κ3) is 3.31. The van der Waals surface area contributed by atoms with Gasteiger partial charge < -0.3 is 11.1 Å². The number of benzene rings is 2. The number of rotatable bonds is 4. The number of aryl methyl sites for hydroxylation is 2. The number of nitrogens with one attached hydrogen (secondary N) is 1. The quantitative estimate of drug-likeness (QED) is 0.903. The van der Waals surface area contributed by atoms with Gasteiger partial charge in [-0.2, -0.15) is 0 Å². The number of carbonyl (C=O) groups is 1. The highest BCUT2D eigenvalue weighted by Gasteiger charge is 2.18. The second kappa shape index (κ2) is 5.97. The number of carbonyl (C=O) groups excluding carboxylic acids is 1. The van der Waals surface area contributed by atoms with Crippen LogP contribution in [-0.2, 0) is 4.79 Å². The van der Waals surface area contributed by atoms with E-state index < -0.39 is 11.9 Å². The van der Waals surface area contributed by atoms with Gasteiger partial charge in [-0.25, -0.2) is 0 Å². The third-order valence-electron chi connectivity index (χ3n) is 3.28. The van der Waals surface area contributed by atoms with Gasteiger partial charge in [0, 0.05) is 10.7 Å². The zero-order valence-corrected chi connectivity index (χ0v) is 12.2. The van der Waals surface area contributed by atoms with Crippen LogP contribution in [0.1, 0.15) is 22.7 Å². The van der Waals surface area contributed by atoms with Crippen molar-refractivity contribution in [3.63, 3.8) is 0 Å². The smallest absolute Gasteiger partial charge is 0.244 e. The van der Waals surface area contributed by atoms with Crippen LogP contribution in [0.25, 0.3) is 0 Å². The van der Waals surface area contributed by atoms with Crippen molar-refractivity contribution in [3.8, 4) is 0 Å². The number of nitrogens with two attached hydrogens (primary N) is 1. The lowest BCUT2D eigenvalue weighted by atomic mass is 10.0. The molecule has 0 aliphatic carbocycles. The molecule has 2 rings (SSSR count). The van der Waals surface area contributed by atoms with E-state index in [1.165, 1.54) is 5.56 Å². The molecule has 3 nitrogen and oxygen atoms in total. The van der Waals surface area contributed by atoms with Crippen LogP contribution in [0, 0.1) is 13.8 Å². The number of amides is 1. The van der Waals surface area contributed by atoms with Crippen molar-refractivity contribution < 1.29 is 4.79 Å². The van der Waals surface area contributed by atoms with Gasteiger partial charge in [0.05, 0.1) is 0 Å². The Morgan fingerprint density at radius 1 is 1.15 bits per heavy atom. The van der Waals surface area contributed by atoms with Gasteiger partial charge >= 0.3 is 0 Å². The lowest BCUT2D eigenvalue weighted by molar-refractivity contribution is -0.118. The molecule has 0 spiro atoms. The number of primary amides is 1. The van der Waals surface area contributed by atoms with E-state index in [-0.39, 0.29) is 0 Å². The van der Waals surface area contributed by atoms with Crippen LogP contribution in [0.15, 0.2) is 42.5 Å². The minimum absolute atomic E-state index is 0.423. The van der Waals surface area contributed by atoms with Crippen LogP contribution in [0.4, 0.5) is 5.69 Å². The van der Waals surface area contributed by atoms with Gasteiger partial charge in [-0.1, -0.05) is 35.9 Å². The Balaban J connectivity index is 2.32. The van der Waals surface area contributed by atoms with Gasteiger partial charge in [0.1, 0.15) is 6.04 Å². The highest BCUT2D eigenvalue weighted by atomic mass is 35.5. The predicted molar refractivity (Wildman–Crippen MR) is 82.9 cm³/mol. The molecule has 0 saturated carbocycles. The molecule has 0 heterocycles. The van der Waals surface area contributed by atoms with E-state index >= 15 is 0 Å². The van der Waals surface area contributed by atoms with Crippen LogP contribution >= 0.6 is 11.6 Å². The average molecular weight is 289 g/mol. The van der Waals surface area contributed by atoms with Crippen molar-refractivity contribution in [1.29, 1.82) is 0 Å². The van der Waals surface area contributed by atoms with E-state index in [2.05, 4.69) is 5.32 Å². The maximum Gasteiger partial charge on any atom is 0.244 e. The molecule has 1 atom stereocenters. The summed E-state index contributed by atoms with van der Waals surface area (Å²) < 4.78 is 0. The molecule has 3 N–H and O–H groups in total. The minimum atomic E-state index is -0.576. The Morgan fingerprint density at radius 3 is 2.50 bits per heavy atom. The van der Waals surface area contributed by atoms with Gasteiger partial charge in [-0.15, -0.1) is 0 Å². The van der Waals surface area contributed by atoms with Crippen LogP contribution < -0.4 is 11.1 Å². The highest BCUT2D eigenvalue weighted by Crippen LogP contribution is 2.23. The second-order valence-electron chi connectivity index (χ2n) is 4.83. The van der Waals surface area contributed by atoms with Crippen molar-refractivity contribution in [2.45, 2.75) is 19.9 Å². The fourth-order valence-corrected chi connectivity index (χ4v) is 2.20. The molecule has 4 heteroatoms. The number of anilines is 1. The van der Waals surface area contributed by atoms with Gasteiger partial charge in [0.2, 0.25) is 5.91 Å². The summed E-state index contributed by atoms with van der Waals surface area (Å²) in [6, 6.07) is 12.5. The predicted octanol–water partition coefficient (Wildman–Crippen LogP) is 3.60.